The van der Waals surface area contributed by atoms with Gasteiger partial charge in [0, 0.05) is 29.5 Å². The van der Waals surface area contributed by atoms with Crippen LogP contribution in [0.4, 0.5) is 0 Å². The molecule has 0 saturated heterocycles. The minimum absolute atomic E-state index is 0.326. The Morgan fingerprint density at radius 1 is 1.36 bits per heavy atom. The van der Waals surface area contributed by atoms with Gasteiger partial charge in [0.2, 0.25) is 0 Å². The molecule has 2 rings (SSSR count). The second kappa shape index (κ2) is 2.80. The maximum atomic E-state index is 7.25. The molecule has 0 fully saturated rings. The van der Waals surface area contributed by atoms with Crippen LogP contribution in [0.1, 0.15) is 1.37 Å². The van der Waals surface area contributed by atoms with Gasteiger partial charge in [-0.3, -0.25) is 4.98 Å². The summed E-state index contributed by atoms with van der Waals surface area (Å²) in [6.45, 7) is 0. The molecule has 0 amide bonds. The lowest BCUT2D eigenvalue weighted by Gasteiger charge is -1.91. The van der Waals surface area contributed by atoms with Crippen molar-refractivity contribution in [2.75, 3.05) is 0 Å². The average Bonchev–Trinajstić information content (AvgIpc) is 2.54. The molecule has 2 aromatic rings. The Balaban J connectivity index is 2.45. The van der Waals surface area contributed by atoms with Gasteiger partial charge in [0.15, 0.2) is 0 Å². The summed E-state index contributed by atoms with van der Waals surface area (Å²) in [5, 5.41) is 2.60. The summed E-state index contributed by atoms with van der Waals surface area (Å²) in [6, 6.07) is 3.77. The molecule has 0 unspecified atom stereocenters. The van der Waals surface area contributed by atoms with Gasteiger partial charge in [0.1, 0.15) is 5.01 Å². The molecule has 2 heterocycles. The highest BCUT2D eigenvalue weighted by molar-refractivity contribution is 7.13. The number of hydrogen-bond donors (Lipinski definition) is 0. The zero-order chi connectivity index (χ0) is 8.39. The summed E-state index contributed by atoms with van der Waals surface area (Å²) in [4.78, 5) is 7.95. The molecule has 0 radical (unpaired) electrons. The number of thiazole rings is 1. The maximum Gasteiger partial charge on any atom is 0.123 e. The SMILES string of the molecule is [2H]c1csc(-c2ccncc2)n1. The Morgan fingerprint density at radius 3 is 2.82 bits per heavy atom. The van der Waals surface area contributed by atoms with Crippen LogP contribution in [0.2, 0.25) is 0 Å². The number of rotatable bonds is 1. The van der Waals surface area contributed by atoms with Crippen LogP contribution in [-0.4, -0.2) is 9.97 Å². The monoisotopic (exact) mass is 163 g/mol. The van der Waals surface area contributed by atoms with Crippen molar-refractivity contribution in [3.63, 3.8) is 0 Å². The predicted molar refractivity (Wildman–Crippen MR) is 45.3 cm³/mol. The van der Waals surface area contributed by atoms with Gasteiger partial charge in [-0.1, -0.05) is 0 Å². The standard InChI is InChI=1S/C8H6N2S/c1-3-9-4-2-7(1)8-10-5-6-11-8/h1-6H/i5D. The van der Waals surface area contributed by atoms with Crippen LogP contribution >= 0.6 is 11.3 Å². The van der Waals surface area contributed by atoms with Gasteiger partial charge in [0.25, 0.3) is 0 Å². The first-order valence-electron chi connectivity index (χ1n) is 3.69. The molecule has 0 aliphatic carbocycles. The Hall–Kier alpha value is -1.22. The number of hydrogen-bond acceptors (Lipinski definition) is 3. The number of aromatic nitrogens is 2. The highest BCUT2D eigenvalue weighted by atomic mass is 32.1. The summed E-state index contributed by atoms with van der Waals surface area (Å²) >= 11 is 1.48. The van der Waals surface area contributed by atoms with Crippen molar-refractivity contribution in [1.29, 1.82) is 0 Å². The molecule has 0 bridgehead atoms. The third-order valence-corrected chi connectivity index (χ3v) is 2.09. The van der Waals surface area contributed by atoms with E-state index in [4.69, 9.17) is 1.37 Å². The first-order valence-corrected chi connectivity index (χ1v) is 4.07. The quantitative estimate of drug-likeness (QED) is 0.644. The minimum atomic E-state index is 0.326. The van der Waals surface area contributed by atoms with Crippen LogP contribution in [-0.2, 0) is 0 Å². The van der Waals surface area contributed by atoms with Gasteiger partial charge in [-0.05, 0) is 12.1 Å². The predicted octanol–water partition coefficient (Wildman–Crippen LogP) is 2.21. The lowest BCUT2D eigenvalue weighted by atomic mass is 10.3. The van der Waals surface area contributed by atoms with Crippen molar-refractivity contribution in [2.45, 2.75) is 0 Å². The summed E-state index contributed by atoms with van der Waals surface area (Å²) in [6.07, 6.45) is 3.77. The van der Waals surface area contributed by atoms with Crippen molar-refractivity contribution < 1.29 is 1.37 Å². The highest BCUT2D eigenvalue weighted by Gasteiger charge is 1.96. The molecule has 2 nitrogen and oxygen atoms in total. The molecule has 2 aromatic heterocycles. The number of nitrogens with zero attached hydrogens (tertiary/aromatic N) is 2. The first kappa shape index (κ1) is 5.43. The van der Waals surface area contributed by atoms with E-state index in [-0.39, 0.29) is 0 Å². The first-order chi connectivity index (χ1) is 5.86. The summed E-state index contributed by atoms with van der Waals surface area (Å²) in [5.41, 5.74) is 1.02. The van der Waals surface area contributed by atoms with E-state index in [0.29, 0.717) is 6.17 Å². The van der Waals surface area contributed by atoms with Gasteiger partial charge in [-0.25, -0.2) is 4.98 Å². The van der Waals surface area contributed by atoms with Crippen molar-refractivity contribution in [1.82, 2.24) is 9.97 Å². The van der Waals surface area contributed by atoms with Crippen LogP contribution in [0, 0.1) is 0 Å². The molecule has 0 N–H and O–H groups in total. The average molecular weight is 163 g/mol. The third-order valence-electron chi connectivity index (χ3n) is 1.32. The Morgan fingerprint density at radius 2 is 2.18 bits per heavy atom. The van der Waals surface area contributed by atoms with Crippen LogP contribution in [0.3, 0.4) is 0 Å². The second-order valence-corrected chi connectivity index (χ2v) is 2.88. The molecule has 0 saturated carbocycles. The molecule has 54 valence electrons. The molecule has 0 spiro atoms. The fourth-order valence-corrected chi connectivity index (χ4v) is 1.42. The Bertz CT molecular complexity index is 372. The smallest absolute Gasteiger partial charge is 0.123 e. The second-order valence-electron chi connectivity index (χ2n) is 2.02. The van der Waals surface area contributed by atoms with E-state index < -0.39 is 0 Å². The van der Waals surface area contributed by atoms with Crippen LogP contribution < -0.4 is 0 Å². The van der Waals surface area contributed by atoms with Gasteiger partial charge in [-0.2, -0.15) is 0 Å². The van der Waals surface area contributed by atoms with Crippen molar-refractivity contribution in [3.8, 4) is 10.6 Å². The van der Waals surface area contributed by atoms with E-state index >= 15 is 0 Å². The molecule has 0 aromatic carbocycles. The van der Waals surface area contributed by atoms with Gasteiger partial charge >= 0.3 is 0 Å². The normalized spacial score (nSPS) is 11.1. The maximum absolute atomic E-state index is 7.25. The van der Waals surface area contributed by atoms with E-state index in [1.165, 1.54) is 11.3 Å². The summed E-state index contributed by atoms with van der Waals surface area (Å²) in [5.74, 6) is 0. The molecular weight excluding hydrogens is 156 g/mol. The van der Waals surface area contributed by atoms with Gasteiger partial charge in [0.05, 0.1) is 1.37 Å². The zero-order valence-corrected chi connectivity index (χ0v) is 6.51. The van der Waals surface area contributed by atoms with Crippen molar-refractivity contribution in [2.24, 2.45) is 0 Å². The van der Waals surface area contributed by atoms with Crippen LogP contribution in [0.15, 0.2) is 36.1 Å². The van der Waals surface area contributed by atoms with Crippen LogP contribution in [0.25, 0.3) is 10.6 Å². The van der Waals surface area contributed by atoms with E-state index in [9.17, 15) is 0 Å². The lowest BCUT2D eigenvalue weighted by molar-refractivity contribution is 1.32. The molecule has 11 heavy (non-hydrogen) atoms. The van der Waals surface area contributed by atoms with E-state index in [1.807, 2.05) is 12.1 Å². The summed E-state index contributed by atoms with van der Waals surface area (Å²) < 4.78 is 7.25. The van der Waals surface area contributed by atoms with Gasteiger partial charge < -0.3 is 0 Å². The number of pyridine rings is 1. The fraction of sp³-hybridized carbons (Fsp3) is 0. The lowest BCUT2D eigenvalue weighted by Crippen LogP contribution is -1.74. The van der Waals surface area contributed by atoms with Crippen LogP contribution in [0.5, 0.6) is 0 Å². The third kappa shape index (κ3) is 1.28. The van der Waals surface area contributed by atoms with Crippen molar-refractivity contribution in [3.05, 3.63) is 36.1 Å². The zero-order valence-electron chi connectivity index (χ0n) is 6.69. The van der Waals surface area contributed by atoms with E-state index in [2.05, 4.69) is 9.97 Å². The molecular formula is C8H6N2S. The molecule has 3 heteroatoms. The van der Waals surface area contributed by atoms with E-state index in [1.54, 1.807) is 17.8 Å². The minimum Gasteiger partial charge on any atom is -0.265 e. The Kier molecular flexibility index (Phi) is 1.38. The Labute approximate surface area is 70.0 Å². The van der Waals surface area contributed by atoms with Crippen molar-refractivity contribution >= 4 is 11.3 Å². The fourth-order valence-electron chi connectivity index (χ4n) is 0.821. The summed E-state index contributed by atoms with van der Waals surface area (Å²) in [7, 11) is 0. The topological polar surface area (TPSA) is 25.8 Å². The highest BCUT2D eigenvalue weighted by Crippen LogP contribution is 2.19. The molecule has 0 atom stereocenters. The van der Waals surface area contributed by atoms with E-state index in [0.717, 1.165) is 10.6 Å². The molecule has 0 aliphatic heterocycles. The largest absolute Gasteiger partial charge is 0.265 e. The molecule has 0 aliphatic rings. The van der Waals surface area contributed by atoms with Gasteiger partial charge in [-0.15, -0.1) is 11.3 Å².